The van der Waals surface area contributed by atoms with Crippen molar-refractivity contribution in [1.82, 2.24) is 10.3 Å². The second-order valence-corrected chi connectivity index (χ2v) is 5.30. The van der Waals surface area contributed by atoms with Gasteiger partial charge in [0.2, 0.25) is 6.79 Å². The van der Waals surface area contributed by atoms with Gasteiger partial charge < -0.3 is 14.8 Å². The summed E-state index contributed by atoms with van der Waals surface area (Å²) in [5.74, 6) is 1.60. The molecule has 2 aromatic rings. The molecule has 1 aromatic heterocycles. The van der Waals surface area contributed by atoms with E-state index in [0.29, 0.717) is 11.8 Å². The van der Waals surface area contributed by atoms with Crippen molar-refractivity contribution in [2.45, 2.75) is 19.4 Å². The molecule has 0 amide bonds. The molecule has 1 aliphatic rings. The predicted octanol–water partition coefficient (Wildman–Crippen LogP) is 3.36. The van der Waals surface area contributed by atoms with Crippen molar-refractivity contribution in [3.8, 4) is 11.5 Å². The molecule has 0 bridgehead atoms. The maximum absolute atomic E-state index is 6.21. The second kappa shape index (κ2) is 6.33. The van der Waals surface area contributed by atoms with Crippen molar-refractivity contribution in [3.63, 3.8) is 0 Å². The Bertz CT molecular complexity index is 633. The number of nitrogens with zero attached hydrogens (tertiary/aromatic N) is 1. The number of hydrogen-bond acceptors (Lipinski definition) is 4. The number of fused-ring (bicyclic) bond motifs is 1. The van der Waals surface area contributed by atoms with Gasteiger partial charge in [-0.15, -0.1) is 0 Å². The van der Waals surface area contributed by atoms with Crippen molar-refractivity contribution in [1.29, 1.82) is 0 Å². The molecule has 1 aliphatic heterocycles. The van der Waals surface area contributed by atoms with E-state index in [1.807, 2.05) is 18.2 Å². The normalized spacial score (nSPS) is 14.2. The summed E-state index contributed by atoms with van der Waals surface area (Å²) in [6.45, 7) is 3.26. The first-order chi connectivity index (χ1) is 10.3. The number of ether oxygens (including phenoxy) is 2. The molecular weight excluding hydrogens is 288 g/mol. The molecule has 1 unspecified atom stereocenters. The van der Waals surface area contributed by atoms with Gasteiger partial charge >= 0.3 is 0 Å². The fourth-order valence-electron chi connectivity index (χ4n) is 2.47. The number of rotatable bonds is 5. The first-order valence-electron chi connectivity index (χ1n) is 6.99. The molecular formula is C16H17ClN2O2. The summed E-state index contributed by atoms with van der Waals surface area (Å²) in [5.41, 5.74) is 2.24. The first kappa shape index (κ1) is 14.2. The van der Waals surface area contributed by atoms with E-state index in [2.05, 4.69) is 23.3 Å². The van der Waals surface area contributed by atoms with Crippen LogP contribution in [0.3, 0.4) is 0 Å². The minimum absolute atomic E-state index is 0.171. The van der Waals surface area contributed by atoms with Crippen molar-refractivity contribution in [2.75, 3.05) is 13.3 Å². The maximum Gasteiger partial charge on any atom is 0.231 e. The van der Waals surface area contributed by atoms with Crippen molar-refractivity contribution < 1.29 is 9.47 Å². The predicted molar refractivity (Wildman–Crippen MR) is 81.9 cm³/mol. The van der Waals surface area contributed by atoms with E-state index in [9.17, 15) is 0 Å². The molecule has 5 heteroatoms. The number of hydrogen-bond donors (Lipinski definition) is 1. The van der Waals surface area contributed by atoms with Crippen LogP contribution in [0.15, 0.2) is 36.7 Å². The highest BCUT2D eigenvalue weighted by Gasteiger charge is 2.18. The van der Waals surface area contributed by atoms with Gasteiger partial charge in [-0.3, -0.25) is 4.98 Å². The third-order valence-corrected chi connectivity index (χ3v) is 3.87. The standard InChI is InChI=1S/C16H17ClN2O2/c1-2-19-14(7-11-5-6-18-9-13(11)17)12-3-4-15-16(8-12)21-10-20-15/h3-6,8-9,14,19H,2,7,10H2,1H3. The monoisotopic (exact) mass is 304 g/mol. The molecule has 0 saturated heterocycles. The summed E-state index contributed by atoms with van der Waals surface area (Å²) >= 11 is 6.21. The highest BCUT2D eigenvalue weighted by Crippen LogP contribution is 2.35. The van der Waals surface area contributed by atoms with Crippen LogP contribution < -0.4 is 14.8 Å². The highest BCUT2D eigenvalue weighted by molar-refractivity contribution is 6.31. The SMILES string of the molecule is CCNC(Cc1ccncc1Cl)c1ccc2c(c1)OCO2. The van der Waals surface area contributed by atoms with Gasteiger partial charge in [-0.1, -0.05) is 24.6 Å². The zero-order chi connectivity index (χ0) is 14.7. The highest BCUT2D eigenvalue weighted by atomic mass is 35.5. The molecule has 4 nitrogen and oxygen atoms in total. The summed E-state index contributed by atoms with van der Waals surface area (Å²) in [4.78, 5) is 4.03. The molecule has 110 valence electrons. The minimum Gasteiger partial charge on any atom is -0.454 e. The molecule has 3 rings (SSSR count). The molecule has 1 N–H and O–H groups in total. The van der Waals surface area contributed by atoms with Gasteiger partial charge in [-0.25, -0.2) is 0 Å². The Morgan fingerprint density at radius 3 is 2.95 bits per heavy atom. The lowest BCUT2D eigenvalue weighted by atomic mass is 9.99. The van der Waals surface area contributed by atoms with E-state index in [0.717, 1.165) is 35.6 Å². The second-order valence-electron chi connectivity index (χ2n) is 4.89. The molecule has 2 heterocycles. The van der Waals surface area contributed by atoms with E-state index in [-0.39, 0.29) is 6.04 Å². The van der Waals surface area contributed by atoms with Gasteiger partial charge in [0, 0.05) is 18.4 Å². The van der Waals surface area contributed by atoms with E-state index in [1.54, 1.807) is 12.4 Å². The van der Waals surface area contributed by atoms with E-state index in [4.69, 9.17) is 21.1 Å². The third-order valence-electron chi connectivity index (χ3n) is 3.53. The largest absolute Gasteiger partial charge is 0.454 e. The van der Waals surface area contributed by atoms with Crippen LogP contribution in [-0.4, -0.2) is 18.3 Å². The lowest BCUT2D eigenvalue weighted by Gasteiger charge is -2.19. The summed E-state index contributed by atoms with van der Waals surface area (Å²) in [5, 5.41) is 4.19. The van der Waals surface area contributed by atoms with Crippen LogP contribution in [0.5, 0.6) is 11.5 Å². The van der Waals surface area contributed by atoms with Gasteiger partial charge in [0.25, 0.3) is 0 Å². The van der Waals surface area contributed by atoms with Crippen LogP contribution in [0.25, 0.3) is 0 Å². The Hall–Kier alpha value is -1.78. The van der Waals surface area contributed by atoms with Crippen molar-refractivity contribution in [3.05, 3.63) is 52.8 Å². The molecule has 0 aliphatic carbocycles. The van der Waals surface area contributed by atoms with Crippen molar-refractivity contribution >= 4 is 11.6 Å². The van der Waals surface area contributed by atoms with Gasteiger partial charge in [0.1, 0.15) is 0 Å². The van der Waals surface area contributed by atoms with Crippen LogP contribution in [0, 0.1) is 0 Å². The minimum atomic E-state index is 0.171. The van der Waals surface area contributed by atoms with Gasteiger partial charge in [0.05, 0.1) is 5.02 Å². The van der Waals surface area contributed by atoms with Gasteiger partial charge in [-0.2, -0.15) is 0 Å². The van der Waals surface area contributed by atoms with E-state index >= 15 is 0 Å². The van der Waals surface area contributed by atoms with Crippen LogP contribution in [0.2, 0.25) is 5.02 Å². The quantitative estimate of drug-likeness (QED) is 0.920. The van der Waals surface area contributed by atoms with Gasteiger partial charge in [-0.05, 0) is 42.3 Å². The summed E-state index contributed by atoms with van der Waals surface area (Å²) < 4.78 is 10.8. The molecule has 0 fully saturated rings. The van der Waals surface area contributed by atoms with Crippen LogP contribution in [-0.2, 0) is 6.42 Å². The Balaban J connectivity index is 1.86. The molecule has 1 atom stereocenters. The lowest BCUT2D eigenvalue weighted by Crippen LogP contribution is -2.23. The Kier molecular flexibility index (Phi) is 4.27. The number of likely N-dealkylation sites (N-methyl/N-ethyl adjacent to an activating group) is 1. The van der Waals surface area contributed by atoms with Crippen LogP contribution in [0.4, 0.5) is 0 Å². The molecule has 1 aromatic carbocycles. The Morgan fingerprint density at radius 2 is 2.14 bits per heavy atom. The van der Waals surface area contributed by atoms with E-state index in [1.165, 1.54) is 0 Å². The number of nitrogens with one attached hydrogen (secondary N) is 1. The molecule has 21 heavy (non-hydrogen) atoms. The average Bonchev–Trinajstić information content (AvgIpc) is 2.96. The number of aromatic nitrogens is 1. The summed E-state index contributed by atoms with van der Waals surface area (Å²) in [6.07, 6.45) is 4.25. The smallest absolute Gasteiger partial charge is 0.231 e. The van der Waals surface area contributed by atoms with E-state index < -0.39 is 0 Å². The van der Waals surface area contributed by atoms with Crippen LogP contribution in [0.1, 0.15) is 24.1 Å². The number of halogens is 1. The Morgan fingerprint density at radius 1 is 1.29 bits per heavy atom. The average molecular weight is 305 g/mol. The molecule has 0 radical (unpaired) electrons. The summed E-state index contributed by atoms with van der Waals surface area (Å²) in [7, 11) is 0. The summed E-state index contributed by atoms with van der Waals surface area (Å²) in [6, 6.07) is 8.18. The van der Waals surface area contributed by atoms with Gasteiger partial charge in [0.15, 0.2) is 11.5 Å². The van der Waals surface area contributed by atoms with Crippen LogP contribution >= 0.6 is 11.6 Å². The molecule has 0 saturated carbocycles. The number of benzene rings is 1. The molecule has 0 spiro atoms. The Labute approximate surface area is 129 Å². The maximum atomic E-state index is 6.21. The van der Waals surface area contributed by atoms with Crippen molar-refractivity contribution in [2.24, 2.45) is 0 Å². The number of pyridine rings is 1. The fraction of sp³-hybridized carbons (Fsp3) is 0.312. The zero-order valence-corrected chi connectivity index (χ0v) is 12.6. The first-order valence-corrected chi connectivity index (χ1v) is 7.37. The third kappa shape index (κ3) is 3.12. The topological polar surface area (TPSA) is 43.4 Å². The lowest BCUT2D eigenvalue weighted by molar-refractivity contribution is 0.174. The fourth-order valence-corrected chi connectivity index (χ4v) is 2.67. The zero-order valence-electron chi connectivity index (χ0n) is 11.8.